The van der Waals surface area contributed by atoms with Crippen LogP contribution in [0.4, 0.5) is 17.1 Å². The molecule has 0 spiro atoms. The Labute approximate surface area is 172 Å². The standard InChI is InChI=1S/C15H17N5O6S3/c16-29(25,26)14-7-3-12(4-8-14)19-28(23,24)10-9-17-15(27)18-11-1-5-13(6-2-11)20(21)22/h1-8,19H,9-10H2,(H2,16,25,26)(H2,17,18,27). The molecule has 156 valence electrons. The average Bonchev–Trinajstić information content (AvgIpc) is 2.61. The van der Waals surface area contributed by atoms with E-state index in [9.17, 15) is 26.9 Å². The molecule has 0 saturated heterocycles. The van der Waals surface area contributed by atoms with E-state index in [1.54, 1.807) is 0 Å². The van der Waals surface area contributed by atoms with E-state index in [-0.39, 0.29) is 33.7 Å². The van der Waals surface area contributed by atoms with Crippen molar-refractivity contribution in [1.29, 1.82) is 0 Å². The number of benzene rings is 2. The molecule has 0 bridgehead atoms. The maximum Gasteiger partial charge on any atom is 0.269 e. The van der Waals surface area contributed by atoms with E-state index in [4.69, 9.17) is 17.4 Å². The second-order valence-electron chi connectivity index (χ2n) is 5.68. The Kier molecular flexibility index (Phi) is 7.07. The number of sulfonamides is 2. The van der Waals surface area contributed by atoms with Crippen molar-refractivity contribution in [2.45, 2.75) is 4.90 Å². The van der Waals surface area contributed by atoms with Gasteiger partial charge >= 0.3 is 0 Å². The van der Waals surface area contributed by atoms with Gasteiger partial charge in [-0.1, -0.05) is 0 Å². The van der Waals surface area contributed by atoms with E-state index < -0.39 is 25.0 Å². The van der Waals surface area contributed by atoms with E-state index in [0.717, 1.165) is 0 Å². The summed E-state index contributed by atoms with van der Waals surface area (Å²) >= 11 is 5.05. The van der Waals surface area contributed by atoms with Gasteiger partial charge in [0.15, 0.2) is 5.11 Å². The predicted molar refractivity (Wildman–Crippen MR) is 113 cm³/mol. The number of rotatable bonds is 8. The van der Waals surface area contributed by atoms with Crippen LogP contribution in [0.3, 0.4) is 0 Å². The fraction of sp³-hybridized carbons (Fsp3) is 0.133. The number of nitrogens with zero attached hydrogens (tertiary/aromatic N) is 1. The van der Waals surface area contributed by atoms with Gasteiger partial charge in [0, 0.05) is 30.1 Å². The summed E-state index contributed by atoms with van der Waals surface area (Å²) in [5.74, 6) is -0.313. The molecule has 0 aromatic heterocycles. The molecule has 29 heavy (non-hydrogen) atoms. The number of hydrogen-bond donors (Lipinski definition) is 4. The number of hydrogen-bond acceptors (Lipinski definition) is 7. The lowest BCUT2D eigenvalue weighted by atomic mass is 10.3. The first-order valence-corrected chi connectivity index (χ1v) is 11.5. The van der Waals surface area contributed by atoms with Gasteiger partial charge < -0.3 is 10.6 Å². The second-order valence-corrected chi connectivity index (χ2v) is 9.49. The minimum atomic E-state index is -3.86. The number of nitrogens with two attached hydrogens (primary N) is 1. The minimum absolute atomic E-state index is 0.0105. The summed E-state index contributed by atoms with van der Waals surface area (Å²) in [5.41, 5.74) is 0.622. The summed E-state index contributed by atoms with van der Waals surface area (Å²) in [6.45, 7) is -0.0105. The van der Waals surface area contributed by atoms with E-state index in [1.807, 2.05) is 0 Å². The largest absolute Gasteiger partial charge is 0.361 e. The quantitative estimate of drug-likeness (QED) is 0.255. The molecule has 0 amide bonds. The molecule has 0 heterocycles. The third kappa shape index (κ3) is 7.26. The summed E-state index contributed by atoms with van der Waals surface area (Å²) in [5, 5.41) is 21.2. The van der Waals surface area contributed by atoms with Crippen LogP contribution in [0.15, 0.2) is 53.4 Å². The highest BCUT2D eigenvalue weighted by Gasteiger charge is 2.12. The van der Waals surface area contributed by atoms with Crippen LogP contribution in [0.2, 0.25) is 0 Å². The zero-order valence-corrected chi connectivity index (χ0v) is 17.2. The smallest absolute Gasteiger partial charge is 0.269 e. The Morgan fingerprint density at radius 2 is 1.55 bits per heavy atom. The summed E-state index contributed by atoms with van der Waals surface area (Å²) in [4.78, 5) is 9.95. The molecule has 0 aliphatic rings. The van der Waals surface area contributed by atoms with E-state index in [2.05, 4.69) is 15.4 Å². The maximum atomic E-state index is 12.1. The first-order chi connectivity index (χ1) is 13.5. The summed E-state index contributed by atoms with van der Waals surface area (Å²) in [7, 11) is -7.58. The van der Waals surface area contributed by atoms with Crippen LogP contribution in [-0.4, -0.2) is 39.2 Å². The Morgan fingerprint density at radius 1 is 1.00 bits per heavy atom. The lowest BCUT2D eigenvalue weighted by molar-refractivity contribution is -0.384. The van der Waals surface area contributed by atoms with Crippen molar-refractivity contribution in [3.8, 4) is 0 Å². The minimum Gasteiger partial charge on any atom is -0.361 e. The Bertz CT molecular complexity index is 1100. The predicted octanol–water partition coefficient (Wildman–Crippen LogP) is 0.971. The van der Waals surface area contributed by atoms with E-state index in [0.29, 0.717) is 5.69 Å². The molecule has 0 unspecified atom stereocenters. The van der Waals surface area contributed by atoms with Gasteiger partial charge in [0.2, 0.25) is 20.0 Å². The van der Waals surface area contributed by atoms with Gasteiger partial charge in [0.1, 0.15) is 0 Å². The molecule has 0 aliphatic heterocycles. The van der Waals surface area contributed by atoms with Crippen molar-refractivity contribution in [3.63, 3.8) is 0 Å². The summed E-state index contributed by atoms with van der Waals surface area (Å²) in [6.07, 6.45) is 0. The molecule has 0 saturated carbocycles. The fourth-order valence-corrected chi connectivity index (χ4v) is 3.79. The zero-order valence-electron chi connectivity index (χ0n) is 14.7. The third-order valence-electron chi connectivity index (χ3n) is 3.45. The highest BCUT2D eigenvalue weighted by atomic mass is 32.2. The Hall–Kier alpha value is -2.81. The molecule has 14 heteroatoms. The molecule has 0 fully saturated rings. The number of nitro groups is 1. The van der Waals surface area contributed by atoms with Crippen LogP contribution in [0.25, 0.3) is 0 Å². The van der Waals surface area contributed by atoms with Gasteiger partial charge in [-0.2, -0.15) is 0 Å². The van der Waals surface area contributed by atoms with E-state index >= 15 is 0 Å². The van der Waals surface area contributed by atoms with Crippen LogP contribution in [-0.2, 0) is 20.0 Å². The zero-order chi connectivity index (χ0) is 21.7. The lowest BCUT2D eigenvalue weighted by Gasteiger charge is -2.12. The molecule has 5 N–H and O–H groups in total. The van der Waals surface area contributed by atoms with Crippen LogP contribution in [0.1, 0.15) is 0 Å². The molecule has 11 nitrogen and oxygen atoms in total. The van der Waals surface area contributed by atoms with Gasteiger partial charge in [-0.25, -0.2) is 22.0 Å². The Morgan fingerprint density at radius 3 is 2.07 bits per heavy atom. The van der Waals surface area contributed by atoms with Crippen molar-refractivity contribution in [2.24, 2.45) is 5.14 Å². The molecular weight excluding hydrogens is 442 g/mol. The first kappa shape index (κ1) is 22.5. The van der Waals surface area contributed by atoms with Crippen LogP contribution in [0, 0.1) is 10.1 Å². The van der Waals surface area contributed by atoms with Gasteiger partial charge in [0.05, 0.1) is 15.6 Å². The van der Waals surface area contributed by atoms with Crippen LogP contribution < -0.4 is 20.5 Å². The summed E-state index contributed by atoms with van der Waals surface area (Å²) < 4.78 is 48.9. The van der Waals surface area contributed by atoms with Crippen molar-refractivity contribution >= 4 is 54.4 Å². The molecule has 0 radical (unpaired) electrons. The highest BCUT2D eigenvalue weighted by molar-refractivity contribution is 7.92. The molecule has 2 aromatic rings. The first-order valence-electron chi connectivity index (χ1n) is 7.89. The number of nitro benzene ring substituents is 1. The normalized spacial score (nSPS) is 11.5. The van der Waals surface area contributed by atoms with Gasteiger partial charge in [-0.05, 0) is 48.6 Å². The van der Waals surface area contributed by atoms with Crippen molar-refractivity contribution in [2.75, 3.05) is 22.3 Å². The highest BCUT2D eigenvalue weighted by Crippen LogP contribution is 2.15. The monoisotopic (exact) mass is 459 g/mol. The SMILES string of the molecule is NS(=O)(=O)c1ccc(NS(=O)(=O)CCNC(=S)Nc2ccc([N+](=O)[O-])cc2)cc1. The molecular formula is C15H17N5O6S3. The molecule has 0 atom stereocenters. The number of anilines is 2. The molecule has 0 aliphatic carbocycles. The van der Waals surface area contributed by atoms with Crippen molar-refractivity contribution in [3.05, 3.63) is 58.6 Å². The van der Waals surface area contributed by atoms with Crippen molar-refractivity contribution in [1.82, 2.24) is 5.32 Å². The number of primary sulfonamides is 1. The third-order valence-corrected chi connectivity index (χ3v) is 5.91. The number of nitrogens with one attached hydrogen (secondary N) is 3. The maximum absolute atomic E-state index is 12.1. The van der Waals surface area contributed by atoms with Gasteiger partial charge in [-0.15, -0.1) is 0 Å². The van der Waals surface area contributed by atoms with Gasteiger partial charge in [0.25, 0.3) is 5.69 Å². The van der Waals surface area contributed by atoms with Crippen LogP contribution >= 0.6 is 12.2 Å². The lowest BCUT2D eigenvalue weighted by Crippen LogP contribution is -2.34. The summed E-state index contributed by atoms with van der Waals surface area (Å²) in [6, 6.07) is 10.5. The average molecular weight is 460 g/mol. The van der Waals surface area contributed by atoms with Crippen molar-refractivity contribution < 1.29 is 21.8 Å². The molecule has 2 rings (SSSR count). The second kappa shape index (κ2) is 9.13. The topological polar surface area (TPSA) is 174 Å². The van der Waals surface area contributed by atoms with Crippen LogP contribution in [0.5, 0.6) is 0 Å². The Balaban J connectivity index is 1.83. The number of thiocarbonyl (C=S) groups is 1. The molecule has 2 aromatic carbocycles. The number of non-ortho nitro benzene ring substituents is 1. The fourth-order valence-electron chi connectivity index (χ4n) is 2.08. The van der Waals surface area contributed by atoms with Gasteiger partial charge in [-0.3, -0.25) is 14.8 Å². The van der Waals surface area contributed by atoms with E-state index in [1.165, 1.54) is 48.5 Å².